The molecule has 2 N–H and O–H groups in total. The van der Waals surface area contributed by atoms with Crippen LogP contribution in [0, 0.1) is 5.92 Å². The summed E-state index contributed by atoms with van der Waals surface area (Å²) in [5.74, 6) is -3.27. The minimum atomic E-state index is -4.75. The molecule has 0 aromatic heterocycles. The van der Waals surface area contributed by atoms with E-state index >= 15 is 0 Å². The number of hydrogen-bond donors (Lipinski definition) is 2. The average molecular weight is 376 g/mol. The highest BCUT2D eigenvalue weighted by Gasteiger charge is 2.33. The van der Waals surface area contributed by atoms with Crippen LogP contribution in [-0.4, -0.2) is 65.6 Å². The number of anilines is 1. The second kappa shape index (κ2) is 7.81. The number of nitrogens with zero attached hydrogens (tertiary/aromatic N) is 2. The van der Waals surface area contributed by atoms with E-state index in [9.17, 15) is 27.9 Å². The minimum absolute atomic E-state index is 0.313. The summed E-state index contributed by atoms with van der Waals surface area (Å²) in [6.07, 6.45) is -6.51. The lowest BCUT2D eigenvalue weighted by Crippen LogP contribution is -2.52. The molecule has 0 saturated carbocycles. The van der Waals surface area contributed by atoms with E-state index in [-0.39, 0.29) is 5.75 Å². The predicted octanol–water partition coefficient (Wildman–Crippen LogP) is 1.32. The van der Waals surface area contributed by atoms with Crippen LogP contribution in [0.1, 0.15) is 6.92 Å². The Hall–Kier alpha value is -2.49. The van der Waals surface area contributed by atoms with Crippen molar-refractivity contribution in [1.82, 2.24) is 4.90 Å². The van der Waals surface area contributed by atoms with Gasteiger partial charge in [0, 0.05) is 31.9 Å². The number of amides is 1. The highest BCUT2D eigenvalue weighted by Crippen LogP contribution is 2.26. The number of benzene rings is 1. The Labute approximate surface area is 147 Å². The first-order valence-corrected chi connectivity index (χ1v) is 7.89. The molecule has 1 aliphatic rings. The van der Waals surface area contributed by atoms with E-state index in [4.69, 9.17) is 5.11 Å². The molecule has 0 radical (unpaired) electrons. The molecule has 1 fully saturated rings. The Balaban J connectivity index is 1.92. The fraction of sp³-hybridized carbons (Fsp3) is 0.500. The molecule has 1 aromatic rings. The molecule has 0 bridgehead atoms. The normalized spacial score (nSPS) is 17.6. The van der Waals surface area contributed by atoms with Crippen LogP contribution >= 0.6 is 0 Å². The van der Waals surface area contributed by atoms with Crippen LogP contribution in [0.25, 0.3) is 0 Å². The van der Waals surface area contributed by atoms with Crippen molar-refractivity contribution in [3.05, 3.63) is 24.3 Å². The monoisotopic (exact) mass is 376 g/mol. The third-order valence-electron chi connectivity index (χ3n) is 4.14. The lowest BCUT2D eigenvalue weighted by Gasteiger charge is -2.37. The number of aliphatic hydroxyl groups excluding tert-OH is 1. The molecule has 1 aliphatic heterocycles. The molecule has 0 unspecified atom stereocenters. The molecule has 0 aliphatic carbocycles. The maximum atomic E-state index is 12.2. The Bertz CT molecular complexity index is 642. The maximum absolute atomic E-state index is 12.2. The van der Waals surface area contributed by atoms with Gasteiger partial charge in [-0.05, 0) is 24.3 Å². The van der Waals surface area contributed by atoms with Crippen molar-refractivity contribution in [3.8, 4) is 5.75 Å². The number of aliphatic carboxylic acids is 1. The molecule has 1 amide bonds. The van der Waals surface area contributed by atoms with Gasteiger partial charge >= 0.3 is 12.3 Å². The van der Waals surface area contributed by atoms with Crippen LogP contribution in [0.15, 0.2) is 24.3 Å². The summed E-state index contributed by atoms with van der Waals surface area (Å²) in [5, 5.41) is 18.3. The number of carboxylic acids is 1. The second-order valence-electron chi connectivity index (χ2n) is 5.93. The zero-order valence-electron chi connectivity index (χ0n) is 13.9. The number of ether oxygens (including phenoxy) is 1. The molecule has 7 nitrogen and oxygen atoms in total. The van der Waals surface area contributed by atoms with Gasteiger partial charge in [-0.1, -0.05) is 6.92 Å². The largest absolute Gasteiger partial charge is 0.573 e. The number of halogens is 3. The van der Waals surface area contributed by atoms with Gasteiger partial charge in [0.15, 0.2) is 6.10 Å². The SMILES string of the molecule is C[C@H](C(=O)N1CCN(c2ccc(OC(F)(F)F)cc2)CC1)[C@H](O)C(=O)O. The van der Waals surface area contributed by atoms with Crippen molar-refractivity contribution in [2.45, 2.75) is 19.4 Å². The highest BCUT2D eigenvalue weighted by molar-refractivity contribution is 5.85. The standard InChI is InChI=1S/C16H19F3N2O5/c1-10(13(22)15(24)25)14(23)21-8-6-20(7-9-21)11-2-4-12(5-3-11)26-16(17,18)19/h2-5,10,13,22H,6-9H2,1H3,(H,24,25)/t10-,13-/m0/s1. The Morgan fingerprint density at radius 2 is 1.65 bits per heavy atom. The molecule has 144 valence electrons. The summed E-state index contributed by atoms with van der Waals surface area (Å²) in [6.45, 7) is 2.85. The van der Waals surface area contributed by atoms with Crippen LogP contribution in [-0.2, 0) is 9.59 Å². The second-order valence-corrected chi connectivity index (χ2v) is 5.93. The summed E-state index contributed by atoms with van der Waals surface area (Å²) >= 11 is 0. The van der Waals surface area contributed by atoms with Crippen molar-refractivity contribution >= 4 is 17.6 Å². The third-order valence-corrected chi connectivity index (χ3v) is 4.14. The minimum Gasteiger partial charge on any atom is -0.479 e. The van der Waals surface area contributed by atoms with Gasteiger partial charge in [-0.3, -0.25) is 4.79 Å². The van der Waals surface area contributed by atoms with Gasteiger partial charge in [0.05, 0.1) is 5.92 Å². The zero-order valence-corrected chi connectivity index (χ0v) is 13.9. The molecule has 1 saturated heterocycles. The zero-order chi connectivity index (χ0) is 19.5. The number of piperazine rings is 1. The van der Waals surface area contributed by atoms with E-state index < -0.39 is 30.3 Å². The Kier molecular flexibility index (Phi) is 5.96. The van der Waals surface area contributed by atoms with Gasteiger partial charge < -0.3 is 24.7 Å². The van der Waals surface area contributed by atoms with Crippen LogP contribution in [0.2, 0.25) is 0 Å². The lowest BCUT2D eigenvalue weighted by molar-refractivity contribution is -0.274. The number of aliphatic hydroxyl groups is 1. The molecule has 10 heteroatoms. The van der Waals surface area contributed by atoms with E-state index in [0.717, 1.165) is 0 Å². The molecule has 1 aromatic carbocycles. The quantitative estimate of drug-likeness (QED) is 0.806. The molecule has 2 atom stereocenters. The van der Waals surface area contributed by atoms with Gasteiger partial charge in [0.2, 0.25) is 5.91 Å². The van der Waals surface area contributed by atoms with E-state index in [1.165, 1.54) is 36.1 Å². The summed E-state index contributed by atoms with van der Waals surface area (Å²) in [7, 11) is 0. The topological polar surface area (TPSA) is 90.3 Å². The number of hydrogen-bond acceptors (Lipinski definition) is 5. The number of carbonyl (C=O) groups is 2. The van der Waals surface area contributed by atoms with Crippen molar-refractivity contribution in [2.24, 2.45) is 5.92 Å². The van der Waals surface area contributed by atoms with Gasteiger partial charge in [0.25, 0.3) is 0 Å². The third kappa shape index (κ3) is 5.01. The Morgan fingerprint density at radius 1 is 1.12 bits per heavy atom. The summed E-state index contributed by atoms with van der Waals surface area (Å²) in [5.41, 5.74) is 0.685. The van der Waals surface area contributed by atoms with Gasteiger partial charge in [0.1, 0.15) is 5.75 Å². The summed E-state index contributed by atoms with van der Waals surface area (Å²) < 4.78 is 40.3. The van der Waals surface area contributed by atoms with Crippen LogP contribution in [0.4, 0.5) is 18.9 Å². The first kappa shape index (κ1) is 19.8. The number of alkyl halides is 3. The fourth-order valence-electron chi connectivity index (χ4n) is 2.68. The predicted molar refractivity (Wildman–Crippen MR) is 84.7 cm³/mol. The number of carbonyl (C=O) groups excluding carboxylic acids is 1. The van der Waals surface area contributed by atoms with E-state index in [1.807, 2.05) is 4.90 Å². The smallest absolute Gasteiger partial charge is 0.479 e. The van der Waals surface area contributed by atoms with Crippen LogP contribution in [0.5, 0.6) is 5.75 Å². The first-order valence-electron chi connectivity index (χ1n) is 7.89. The van der Waals surface area contributed by atoms with Gasteiger partial charge in [-0.15, -0.1) is 13.2 Å². The van der Waals surface area contributed by atoms with E-state index in [1.54, 1.807) is 0 Å². The lowest BCUT2D eigenvalue weighted by atomic mass is 10.0. The number of carboxylic acid groups (broad SMARTS) is 1. The highest BCUT2D eigenvalue weighted by atomic mass is 19.4. The molecular weight excluding hydrogens is 357 g/mol. The van der Waals surface area contributed by atoms with Crippen molar-refractivity contribution in [2.75, 3.05) is 31.1 Å². The van der Waals surface area contributed by atoms with Crippen molar-refractivity contribution in [1.29, 1.82) is 0 Å². The van der Waals surface area contributed by atoms with Gasteiger partial charge in [-0.2, -0.15) is 0 Å². The van der Waals surface area contributed by atoms with E-state index in [2.05, 4.69) is 4.74 Å². The first-order chi connectivity index (χ1) is 12.1. The average Bonchev–Trinajstić information content (AvgIpc) is 2.59. The van der Waals surface area contributed by atoms with Crippen molar-refractivity contribution in [3.63, 3.8) is 0 Å². The number of rotatable bonds is 5. The summed E-state index contributed by atoms with van der Waals surface area (Å²) in [6, 6.07) is 5.42. The summed E-state index contributed by atoms with van der Waals surface area (Å²) in [4.78, 5) is 26.4. The maximum Gasteiger partial charge on any atom is 0.573 e. The Morgan fingerprint density at radius 3 is 2.12 bits per heavy atom. The molecule has 1 heterocycles. The van der Waals surface area contributed by atoms with Crippen LogP contribution in [0.3, 0.4) is 0 Å². The fourth-order valence-corrected chi connectivity index (χ4v) is 2.68. The van der Waals surface area contributed by atoms with Crippen LogP contribution < -0.4 is 9.64 Å². The molecule has 2 rings (SSSR count). The molecular formula is C16H19F3N2O5. The van der Waals surface area contributed by atoms with Gasteiger partial charge in [-0.25, -0.2) is 4.79 Å². The van der Waals surface area contributed by atoms with E-state index in [0.29, 0.717) is 31.9 Å². The van der Waals surface area contributed by atoms with Crippen molar-refractivity contribution < 1.29 is 37.7 Å². The molecule has 26 heavy (non-hydrogen) atoms. The molecule has 0 spiro atoms.